The second-order valence-corrected chi connectivity index (χ2v) is 6.84. The van der Waals surface area contributed by atoms with Crippen LogP contribution < -0.4 is 10.9 Å². The van der Waals surface area contributed by atoms with E-state index in [0.717, 1.165) is 15.0 Å². The van der Waals surface area contributed by atoms with Crippen molar-refractivity contribution in [1.29, 1.82) is 0 Å². The van der Waals surface area contributed by atoms with Crippen molar-refractivity contribution in [2.45, 2.75) is 13.0 Å². The Bertz CT molecular complexity index is 990. The fourth-order valence-electron chi connectivity index (χ4n) is 2.30. The number of nitrogens with one attached hydrogen (secondary N) is 2. The lowest BCUT2D eigenvalue weighted by Crippen LogP contribution is -2.34. The molecule has 122 valence electrons. The molecule has 0 saturated heterocycles. The van der Waals surface area contributed by atoms with Crippen molar-refractivity contribution in [2.75, 3.05) is 0 Å². The molecule has 6 heteroatoms. The number of halogens is 1. The van der Waals surface area contributed by atoms with E-state index in [2.05, 4.69) is 16.9 Å². The number of aromatic nitrogens is 1. The lowest BCUT2D eigenvalue weighted by atomic mass is 10.2. The number of fused-ring (bicyclic) bond motifs is 1. The molecule has 0 spiro atoms. The molecule has 0 aliphatic rings. The van der Waals surface area contributed by atoms with Gasteiger partial charge < -0.3 is 10.3 Å². The van der Waals surface area contributed by atoms with Crippen LogP contribution in [0.15, 0.2) is 53.8 Å². The molecule has 0 fully saturated rings. The number of H-pyrrole nitrogens is 1. The van der Waals surface area contributed by atoms with Crippen LogP contribution in [-0.4, -0.2) is 16.9 Å². The summed E-state index contributed by atoms with van der Waals surface area (Å²) in [6, 6.07) is 10.7. The Kier molecular flexibility index (Phi) is 4.55. The van der Waals surface area contributed by atoms with Crippen LogP contribution in [0.5, 0.6) is 0 Å². The summed E-state index contributed by atoms with van der Waals surface area (Å²) in [5.74, 6) is -0.422. The van der Waals surface area contributed by atoms with Gasteiger partial charge in [0.2, 0.25) is 0 Å². The lowest BCUT2D eigenvalue weighted by molar-refractivity contribution is 0.0945. The van der Waals surface area contributed by atoms with Crippen LogP contribution >= 0.6 is 22.9 Å². The molecule has 0 aliphatic carbocycles. The zero-order chi connectivity index (χ0) is 17.3. The van der Waals surface area contributed by atoms with Gasteiger partial charge in [-0.3, -0.25) is 9.59 Å². The first-order chi connectivity index (χ1) is 11.5. The summed E-state index contributed by atoms with van der Waals surface area (Å²) >= 11 is 7.69. The average molecular weight is 359 g/mol. The van der Waals surface area contributed by atoms with Gasteiger partial charge in [0.05, 0.1) is 20.3 Å². The van der Waals surface area contributed by atoms with E-state index in [0.29, 0.717) is 10.7 Å². The van der Waals surface area contributed by atoms with Crippen molar-refractivity contribution < 1.29 is 4.79 Å². The Hall–Kier alpha value is -2.37. The molecule has 0 radical (unpaired) electrons. The Morgan fingerprint density at radius 3 is 2.83 bits per heavy atom. The van der Waals surface area contributed by atoms with Crippen molar-refractivity contribution in [3.8, 4) is 10.6 Å². The monoisotopic (exact) mass is 358 g/mol. The number of amides is 1. The topological polar surface area (TPSA) is 62.0 Å². The molecule has 24 heavy (non-hydrogen) atoms. The minimum atomic E-state index is -0.426. The smallest absolute Gasteiger partial charge is 0.261 e. The Morgan fingerprint density at radius 1 is 1.38 bits per heavy atom. The molecule has 1 atom stereocenters. The van der Waals surface area contributed by atoms with Gasteiger partial charge >= 0.3 is 0 Å². The molecule has 0 bridgehead atoms. The molecule has 0 unspecified atom stereocenters. The normalized spacial score (nSPS) is 12.1. The second-order valence-electron chi connectivity index (χ2n) is 5.38. The van der Waals surface area contributed by atoms with Crippen LogP contribution in [0.1, 0.15) is 17.3 Å². The number of thiophene rings is 1. The minimum absolute atomic E-state index is 0.0755. The van der Waals surface area contributed by atoms with Crippen LogP contribution in [-0.2, 0) is 0 Å². The number of carbonyl (C=O) groups is 1. The SMILES string of the molecule is C=C[C@H](C)NC(=O)c1ccc(-c2cc3cccc(Cl)c3s2)[nH]c1=O. The third kappa shape index (κ3) is 3.13. The molecule has 2 aromatic heterocycles. The second kappa shape index (κ2) is 6.63. The highest BCUT2D eigenvalue weighted by Gasteiger charge is 2.14. The summed E-state index contributed by atoms with van der Waals surface area (Å²) < 4.78 is 0.969. The fourth-order valence-corrected chi connectivity index (χ4v) is 3.64. The summed E-state index contributed by atoms with van der Waals surface area (Å²) in [6.45, 7) is 5.39. The first-order valence-electron chi connectivity index (χ1n) is 7.35. The number of aromatic amines is 1. The standard InChI is InChI=1S/C18H15ClN2O2S/c1-3-10(2)20-17(22)12-7-8-14(21-18(12)23)15-9-11-5-4-6-13(19)16(11)24-15/h3-10H,1H2,2H3,(H,20,22)(H,21,23)/t10-/m0/s1. The molecule has 0 aliphatic heterocycles. The molecule has 2 N–H and O–H groups in total. The van der Waals surface area contributed by atoms with Gasteiger partial charge in [0.1, 0.15) is 5.56 Å². The quantitative estimate of drug-likeness (QED) is 0.686. The van der Waals surface area contributed by atoms with Crippen molar-refractivity contribution >= 4 is 38.9 Å². The number of hydrogen-bond donors (Lipinski definition) is 2. The summed E-state index contributed by atoms with van der Waals surface area (Å²) in [5.41, 5.74) is 0.307. The van der Waals surface area contributed by atoms with Crippen LogP contribution in [0.4, 0.5) is 0 Å². The van der Waals surface area contributed by atoms with Gasteiger partial charge in [-0.15, -0.1) is 17.9 Å². The Morgan fingerprint density at radius 2 is 2.17 bits per heavy atom. The van der Waals surface area contributed by atoms with Crippen LogP contribution in [0, 0.1) is 0 Å². The molecule has 2 heterocycles. The molecule has 3 aromatic rings. The van der Waals surface area contributed by atoms with Crippen molar-refractivity contribution in [3.63, 3.8) is 0 Å². The van der Waals surface area contributed by atoms with E-state index < -0.39 is 11.5 Å². The van der Waals surface area contributed by atoms with Gasteiger partial charge in [-0.05, 0) is 36.6 Å². The maximum Gasteiger partial charge on any atom is 0.261 e. The van der Waals surface area contributed by atoms with Gasteiger partial charge in [0, 0.05) is 6.04 Å². The third-order valence-corrected chi connectivity index (χ3v) is 5.27. The highest BCUT2D eigenvalue weighted by molar-refractivity contribution is 7.22. The summed E-state index contributed by atoms with van der Waals surface area (Å²) in [5, 5.41) is 4.38. The van der Waals surface area contributed by atoms with Gasteiger partial charge in [0.25, 0.3) is 11.5 Å². The number of carbonyl (C=O) groups excluding carboxylic acids is 1. The van der Waals surface area contributed by atoms with E-state index in [9.17, 15) is 9.59 Å². The Balaban J connectivity index is 1.96. The minimum Gasteiger partial charge on any atom is -0.346 e. The number of benzene rings is 1. The molecule has 1 amide bonds. The Labute approximate surface area is 147 Å². The number of pyridine rings is 1. The molecule has 3 rings (SSSR count). The summed E-state index contributed by atoms with van der Waals surface area (Å²) in [4.78, 5) is 28.0. The van der Waals surface area contributed by atoms with Gasteiger partial charge in [-0.1, -0.05) is 29.8 Å². The highest BCUT2D eigenvalue weighted by Crippen LogP contribution is 2.36. The van der Waals surface area contributed by atoms with Crippen molar-refractivity contribution in [1.82, 2.24) is 10.3 Å². The van der Waals surface area contributed by atoms with E-state index in [1.165, 1.54) is 17.4 Å². The predicted molar refractivity (Wildman–Crippen MR) is 100 cm³/mol. The highest BCUT2D eigenvalue weighted by atomic mass is 35.5. The molecular formula is C18H15ClN2O2S. The molecular weight excluding hydrogens is 344 g/mol. The number of hydrogen-bond acceptors (Lipinski definition) is 3. The van der Waals surface area contributed by atoms with Crippen LogP contribution in [0.3, 0.4) is 0 Å². The lowest BCUT2D eigenvalue weighted by Gasteiger charge is -2.08. The van der Waals surface area contributed by atoms with E-state index in [1.807, 2.05) is 24.3 Å². The molecule has 1 aromatic carbocycles. The third-order valence-electron chi connectivity index (χ3n) is 3.63. The van der Waals surface area contributed by atoms with Crippen LogP contribution in [0.25, 0.3) is 20.7 Å². The maximum atomic E-state index is 12.2. The maximum absolute atomic E-state index is 12.2. The average Bonchev–Trinajstić information content (AvgIpc) is 3.00. The molecule has 4 nitrogen and oxygen atoms in total. The van der Waals surface area contributed by atoms with E-state index in [1.54, 1.807) is 19.1 Å². The predicted octanol–water partition coefficient (Wildman–Crippen LogP) is 4.21. The van der Waals surface area contributed by atoms with Crippen LogP contribution in [0.2, 0.25) is 5.02 Å². The largest absolute Gasteiger partial charge is 0.346 e. The zero-order valence-electron chi connectivity index (χ0n) is 12.9. The first-order valence-corrected chi connectivity index (χ1v) is 8.54. The van der Waals surface area contributed by atoms with Gasteiger partial charge in [-0.2, -0.15) is 0 Å². The fraction of sp³-hybridized carbons (Fsp3) is 0.111. The van der Waals surface area contributed by atoms with Crippen molar-refractivity contribution in [2.24, 2.45) is 0 Å². The summed E-state index contributed by atoms with van der Waals surface area (Å²) in [6.07, 6.45) is 1.60. The van der Waals surface area contributed by atoms with E-state index in [-0.39, 0.29) is 11.6 Å². The van der Waals surface area contributed by atoms with E-state index >= 15 is 0 Å². The number of rotatable bonds is 4. The van der Waals surface area contributed by atoms with Gasteiger partial charge in [-0.25, -0.2) is 0 Å². The van der Waals surface area contributed by atoms with E-state index in [4.69, 9.17) is 11.6 Å². The van der Waals surface area contributed by atoms with Crippen molar-refractivity contribution in [3.05, 3.63) is 70.0 Å². The van der Waals surface area contributed by atoms with Gasteiger partial charge in [0.15, 0.2) is 0 Å². The molecule has 0 saturated carbocycles. The zero-order valence-corrected chi connectivity index (χ0v) is 14.5. The first kappa shape index (κ1) is 16.5. The summed E-state index contributed by atoms with van der Waals surface area (Å²) in [7, 11) is 0.